The summed E-state index contributed by atoms with van der Waals surface area (Å²) >= 11 is 0. The Labute approximate surface area is 76.6 Å². The van der Waals surface area contributed by atoms with E-state index in [9.17, 15) is 4.79 Å². The monoisotopic (exact) mass is 174 g/mol. The fraction of sp³-hybridized carbons (Fsp3) is 0.364. The van der Waals surface area contributed by atoms with E-state index in [1.165, 1.54) is 0 Å². The van der Waals surface area contributed by atoms with Crippen LogP contribution in [-0.2, 0) is 9.53 Å². The van der Waals surface area contributed by atoms with E-state index in [4.69, 9.17) is 4.74 Å². The molecule has 2 nitrogen and oxygen atoms in total. The van der Waals surface area contributed by atoms with Crippen LogP contribution in [0.15, 0.2) is 36.5 Å². The van der Waals surface area contributed by atoms with Gasteiger partial charge in [-0.2, -0.15) is 0 Å². The molecule has 0 aromatic heterocycles. The van der Waals surface area contributed by atoms with Gasteiger partial charge in [0.1, 0.15) is 6.10 Å². The lowest BCUT2D eigenvalue weighted by Gasteiger charge is -2.29. The molecule has 0 aromatic rings. The number of rotatable bonds is 0. The number of hydrogen-bond donors (Lipinski definition) is 0. The van der Waals surface area contributed by atoms with E-state index in [0.717, 1.165) is 0 Å². The molecule has 66 valence electrons. The zero-order valence-electron chi connectivity index (χ0n) is 7.14. The van der Waals surface area contributed by atoms with Crippen LogP contribution in [0, 0.1) is 11.3 Å². The molecule has 1 fully saturated rings. The van der Waals surface area contributed by atoms with Crippen LogP contribution in [0.2, 0.25) is 0 Å². The number of allylic oxidation sites excluding steroid dienone is 4. The normalized spacial score (nSPS) is 44.8. The molecule has 1 spiro atoms. The predicted molar refractivity (Wildman–Crippen MR) is 47.8 cm³/mol. The third-order valence-electron chi connectivity index (χ3n) is 3.19. The molecule has 0 unspecified atom stereocenters. The molecule has 1 aliphatic heterocycles. The molecular formula is C11H10O2. The van der Waals surface area contributed by atoms with Gasteiger partial charge in [-0.1, -0.05) is 30.4 Å². The summed E-state index contributed by atoms with van der Waals surface area (Å²) < 4.78 is 5.23. The first-order chi connectivity index (χ1) is 6.31. The van der Waals surface area contributed by atoms with Crippen LogP contribution in [0.4, 0.5) is 0 Å². The molecule has 0 radical (unpaired) electrons. The Kier molecular flexibility index (Phi) is 1.17. The van der Waals surface area contributed by atoms with Crippen LogP contribution in [0.1, 0.15) is 6.42 Å². The standard InChI is InChI=1S/C11H10O2/c12-10-7-11-6-2-1-3-8(11)4-5-9(11)13-10/h1-6,8-9H,7H2/t8-,9-,11+/m0/s1. The van der Waals surface area contributed by atoms with Crippen molar-refractivity contribution in [2.45, 2.75) is 12.5 Å². The zero-order valence-corrected chi connectivity index (χ0v) is 7.14. The number of carbonyl (C=O) groups is 1. The zero-order chi connectivity index (χ0) is 8.89. The third kappa shape index (κ3) is 0.755. The molecule has 0 bridgehead atoms. The van der Waals surface area contributed by atoms with Crippen LogP contribution in [0.3, 0.4) is 0 Å². The Balaban J connectivity index is 2.09. The average Bonchev–Trinajstić information content (AvgIpc) is 2.57. The predicted octanol–water partition coefficient (Wildman–Crippen LogP) is 1.60. The second kappa shape index (κ2) is 2.13. The van der Waals surface area contributed by atoms with E-state index >= 15 is 0 Å². The lowest BCUT2D eigenvalue weighted by molar-refractivity contribution is -0.140. The molecule has 1 heterocycles. The summed E-state index contributed by atoms with van der Waals surface area (Å²) in [6.07, 6.45) is 12.9. The van der Waals surface area contributed by atoms with E-state index < -0.39 is 0 Å². The van der Waals surface area contributed by atoms with E-state index in [1.54, 1.807) is 0 Å². The number of carbonyl (C=O) groups excluding carboxylic acids is 1. The van der Waals surface area contributed by atoms with Gasteiger partial charge in [-0.15, -0.1) is 0 Å². The van der Waals surface area contributed by atoms with E-state index in [-0.39, 0.29) is 17.5 Å². The molecular weight excluding hydrogens is 164 g/mol. The van der Waals surface area contributed by atoms with Gasteiger partial charge >= 0.3 is 5.97 Å². The van der Waals surface area contributed by atoms with Gasteiger partial charge in [-0.25, -0.2) is 0 Å². The second-order valence-electron chi connectivity index (χ2n) is 3.85. The molecule has 3 atom stereocenters. The lowest BCUT2D eigenvalue weighted by Crippen LogP contribution is -2.30. The Morgan fingerprint density at radius 2 is 2.23 bits per heavy atom. The highest BCUT2D eigenvalue weighted by Gasteiger charge is 2.53. The van der Waals surface area contributed by atoms with Crippen molar-refractivity contribution in [1.29, 1.82) is 0 Å². The van der Waals surface area contributed by atoms with Gasteiger partial charge in [0.15, 0.2) is 0 Å². The Bertz CT molecular complexity index is 351. The maximum Gasteiger partial charge on any atom is 0.307 e. The van der Waals surface area contributed by atoms with Gasteiger partial charge in [-0.05, 0) is 6.08 Å². The summed E-state index contributed by atoms with van der Waals surface area (Å²) in [6, 6.07) is 0. The van der Waals surface area contributed by atoms with Gasteiger partial charge in [0.25, 0.3) is 0 Å². The third-order valence-corrected chi connectivity index (χ3v) is 3.19. The summed E-state index contributed by atoms with van der Waals surface area (Å²) in [7, 11) is 0. The average molecular weight is 174 g/mol. The van der Waals surface area contributed by atoms with Crippen LogP contribution in [-0.4, -0.2) is 12.1 Å². The van der Waals surface area contributed by atoms with E-state index in [0.29, 0.717) is 12.3 Å². The van der Waals surface area contributed by atoms with E-state index in [2.05, 4.69) is 18.2 Å². The van der Waals surface area contributed by atoms with Crippen molar-refractivity contribution in [3.63, 3.8) is 0 Å². The molecule has 3 aliphatic rings. The van der Waals surface area contributed by atoms with Gasteiger partial charge in [-0.3, -0.25) is 4.79 Å². The summed E-state index contributed by atoms with van der Waals surface area (Å²) in [4.78, 5) is 11.2. The Morgan fingerprint density at radius 1 is 1.31 bits per heavy atom. The largest absolute Gasteiger partial charge is 0.457 e. The smallest absolute Gasteiger partial charge is 0.307 e. The highest BCUT2D eigenvalue weighted by Crippen LogP contribution is 2.50. The first kappa shape index (κ1) is 7.13. The minimum absolute atomic E-state index is 0.0220. The fourth-order valence-electron chi connectivity index (χ4n) is 2.50. The Hall–Kier alpha value is -1.31. The molecule has 2 aliphatic carbocycles. The fourth-order valence-corrected chi connectivity index (χ4v) is 2.50. The SMILES string of the molecule is O=C1C[C@]23C=CC=C[C@H]2C=C[C@@H]3O1. The number of ether oxygens (including phenoxy) is 1. The molecule has 2 heteroatoms. The summed E-state index contributed by atoms with van der Waals surface area (Å²) in [5, 5.41) is 0. The van der Waals surface area contributed by atoms with Gasteiger partial charge < -0.3 is 4.74 Å². The minimum Gasteiger partial charge on any atom is -0.457 e. The number of hydrogen-bond acceptors (Lipinski definition) is 2. The summed E-state index contributed by atoms with van der Waals surface area (Å²) in [6.45, 7) is 0. The van der Waals surface area contributed by atoms with Gasteiger partial charge in [0.05, 0.1) is 6.42 Å². The highest BCUT2D eigenvalue weighted by molar-refractivity contribution is 5.75. The highest BCUT2D eigenvalue weighted by atomic mass is 16.6. The van der Waals surface area contributed by atoms with Crippen molar-refractivity contribution in [2.75, 3.05) is 0 Å². The number of esters is 1. The van der Waals surface area contributed by atoms with Crippen LogP contribution in [0.5, 0.6) is 0 Å². The quantitative estimate of drug-likeness (QED) is 0.412. The molecule has 0 N–H and O–H groups in total. The van der Waals surface area contributed by atoms with Gasteiger partial charge in [0.2, 0.25) is 0 Å². The van der Waals surface area contributed by atoms with Crippen molar-refractivity contribution >= 4 is 5.97 Å². The van der Waals surface area contributed by atoms with E-state index in [1.807, 2.05) is 18.2 Å². The van der Waals surface area contributed by atoms with Gasteiger partial charge in [0, 0.05) is 11.3 Å². The first-order valence-corrected chi connectivity index (χ1v) is 4.55. The molecule has 3 rings (SSSR count). The molecule has 0 saturated carbocycles. The van der Waals surface area contributed by atoms with Crippen molar-refractivity contribution in [1.82, 2.24) is 0 Å². The van der Waals surface area contributed by atoms with Crippen molar-refractivity contribution in [3.05, 3.63) is 36.5 Å². The lowest BCUT2D eigenvalue weighted by atomic mass is 9.72. The maximum atomic E-state index is 11.2. The topological polar surface area (TPSA) is 26.3 Å². The van der Waals surface area contributed by atoms with Crippen LogP contribution >= 0.6 is 0 Å². The Morgan fingerprint density at radius 3 is 3.15 bits per heavy atom. The first-order valence-electron chi connectivity index (χ1n) is 4.55. The van der Waals surface area contributed by atoms with Crippen LogP contribution in [0.25, 0.3) is 0 Å². The summed E-state index contributed by atoms with van der Waals surface area (Å²) in [5.41, 5.74) is -0.0775. The van der Waals surface area contributed by atoms with Crippen molar-refractivity contribution in [2.24, 2.45) is 11.3 Å². The molecule has 1 saturated heterocycles. The maximum absolute atomic E-state index is 11.2. The second-order valence-corrected chi connectivity index (χ2v) is 3.85. The minimum atomic E-state index is -0.0775. The summed E-state index contributed by atoms with van der Waals surface area (Å²) in [5.74, 6) is 0.285. The van der Waals surface area contributed by atoms with Crippen LogP contribution < -0.4 is 0 Å². The molecule has 0 amide bonds. The molecule has 0 aromatic carbocycles. The van der Waals surface area contributed by atoms with Crippen molar-refractivity contribution < 1.29 is 9.53 Å². The van der Waals surface area contributed by atoms with Crippen molar-refractivity contribution in [3.8, 4) is 0 Å². The molecule has 13 heavy (non-hydrogen) atoms.